The van der Waals surface area contributed by atoms with Crippen LogP contribution in [0.1, 0.15) is 18.9 Å². The first kappa shape index (κ1) is 18.6. The van der Waals surface area contributed by atoms with E-state index < -0.39 is 35.6 Å². The Hall–Kier alpha value is -2.44. The molecule has 0 spiro atoms. The molecule has 0 saturated heterocycles. The molecule has 1 aromatic rings. The van der Waals surface area contributed by atoms with Crippen LogP contribution < -0.4 is 5.32 Å². The second kappa shape index (κ2) is 8.87. The second-order valence-corrected chi connectivity index (χ2v) is 5.11. The van der Waals surface area contributed by atoms with Crippen LogP contribution in [0.5, 0.6) is 0 Å². The molecule has 1 aromatic carbocycles. The van der Waals surface area contributed by atoms with Crippen LogP contribution in [-0.2, 0) is 30.3 Å². The van der Waals surface area contributed by atoms with E-state index in [0.29, 0.717) is 5.56 Å². The number of esters is 2. The van der Waals surface area contributed by atoms with Gasteiger partial charge in [0.15, 0.2) is 0 Å². The van der Waals surface area contributed by atoms with Crippen LogP contribution in [0.15, 0.2) is 24.3 Å². The summed E-state index contributed by atoms with van der Waals surface area (Å²) < 4.78 is 22.3. The summed E-state index contributed by atoms with van der Waals surface area (Å²) in [6, 6.07) is 4.64. The molecule has 7 heteroatoms. The zero-order valence-electron chi connectivity index (χ0n) is 13.3. The zero-order chi connectivity index (χ0) is 17.4. The van der Waals surface area contributed by atoms with Crippen LogP contribution in [0.2, 0.25) is 0 Å². The molecule has 126 valence electrons. The number of benzene rings is 1. The molecule has 1 amide bonds. The molecule has 0 fully saturated rings. The summed E-state index contributed by atoms with van der Waals surface area (Å²) in [5, 5.41) is 2.50. The van der Waals surface area contributed by atoms with Crippen LogP contribution in [0.3, 0.4) is 0 Å². The number of hydrogen-bond acceptors (Lipinski definition) is 5. The number of nitrogens with one attached hydrogen (secondary N) is 1. The van der Waals surface area contributed by atoms with Crippen LogP contribution in [0.4, 0.5) is 4.39 Å². The maximum atomic E-state index is 13.1. The molecule has 6 nitrogen and oxygen atoms in total. The smallest absolute Gasteiger partial charge is 0.328 e. The highest BCUT2D eigenvalue weighted by molar-refractivity contribution is 5.86. The Morgan fingerprint density at radius 1 is 1.17 bits per heavy atom. The normalized spacial score (nSPS) is 12.9. The molecule has 0 aliphatic rings. The van der Waals surface area contributed by atoms with Gasteiger partial charge in [-0.05, 0) is 24.1 Å². The van der Waals surface area contributed by atoms with Gasteiger partial charge in [-0.2, -0.15) is 0 Å². The number of carbonyl (C=O) groups is 3. The topological polar surface area (TPSA) is 81.7 Å². The molecule has 0 aromatic heterocycles. The molecular weight excluding hydrogens is 305 g/mol. The fraction of sp³-hybridized carbons (Fsp3) is 0.438. The maximum Gasteiger partial charge on any atom is 0.328 e. The summed E-state index contributed by atoms with van der Waals surface area (Å²) in [7, 11) is 2.44. The van der Waals surface area contributed by atoms with Gasteiger partial charge in [-0.1, -0.05) is 19.1 Å². The Morgan fingerprint density at radius 3 is 2.39 bits per heavy atom. The van der Waals surface area contributed by atoms with E-state index in [-0.39, 0.29) is 12.8 Å². The average Bonchev–Trinajstić information content (AvgIpc) is 2.52. The molecular formula is C16H20FNO5. The van der Waals surface area contributed by atoms with Crippen molar-refractivity contribution in [1.29, 1.82) is 0 Å². The molecule has 1 N–H and O–H groups in total. The fourth-order valence-electron chi connectivity index (χ4n) is 2.08. The van der Waals surface area contributed by atoms with Gasteiger partial charge in [-0.25, -0.2) is 9.18 Å². The van der Waals surface area contributed by atoms with E-state index >= 15 is 0 Å². The van der Waals surface area contributed by atoms with E-state index in [1.165, 1.54) is 32.4 Å². The van der Waals surface area contributed by atoms with E-state index in [0.717, 1.165) is 0 Å². The van der Waals surface area contributed by atoms with Crippen molar-refractivity contribution in [3.63, 3.8) is 0 Å². The molecule has 0 unspecified atom stereocenters. The largest absolute Gasteiger partial charge is 0.469 e. The van der Waals surface area contributed by atoms with Crippen molar-refractivity contribution >= 4 is 17.8 Å². The van der Waals surface area contributed by atoms with Gasteiger partial charge >= 0.3 is 11.9 Å². The quantitative estimate of drug-likeness (QED) is 0.763. The van der Waals surface area contributed by atoms with Crippen LogP contribution >= 0.6 is 0 Å². The summed E-state index contributed by atoms with van der Waals surface area (Å²) in [5.41, 5.74) is 0.479. The van der Waals surface area contributed by atoms with Gasteiger partial charge in [0, 0.05) is 0 Å². The van der Waals surface area contributed by atoms with E-state index in [9.17, 15) is 18.8 Å². The van der Waals surface area contributed by atoms with Gasteiger partial charge in [0.1, 0.15) is 11.9 Å². The highest BCUT2D eigenvalue weighted by atomic mass is 19.1. The van der Waals surface area contributed by atoms with Gasteiger partial charge in [0.05, 0.1) is 26.6 Å². The first-order valence-corrected chi connectivity index (χ1v) is 7.06. The van der Waals surface area contributed by atoms with Crippen molar-refractivity contribution in [2.24, 2.45) is 5.92 Å². The van der Waals surface area contributed by atoms with Crippen molar-refractivity contribution in [2.45, 2.75) is 25.8 Å². The van der Waals surface area contributed by atoms with E-state index in [4.69, 9.17) is 0 Å². The number of halogens is 1. The lowest BCUT2D eigenvalue weighted by Crippen LogP contribution is -2.44. The monoisotopic (exact) mass is 325 g/mol. The number of carbonyl (C=O) groups excluding carboxylic acids is 3. The van der Waals surface area contributed by atoms with Crippen molar-refractivity contribution in [3.05, 3.63) is 35.6 Å². The molecule has 0 aliphatic carbocycles. The highest BCUT2D eigenvalue weighted by Gasteiger charge is 2.27. The molecule has 2 atom stereocenters. The van der Waals surface area contributed by atoms with Gasteiger partial charge in [-0.3, -0.25) is 9.59 Å². The minimum Gasteiger partial charge on any atom is -0.469 e. The maximum absolute atomic E-state index is 13.1. The van der Waals surface area contributed by atoms with Crippen molar-refractivity contribution in [3.8, 4) is 0 Å². The molecule has 0 radical (unpaired) electrons. The first-order valence-electron chi connectivity index (χ1n) is 7.06. The summed E-state index contributed by atoms with van der Waals surface area (Å²) in [5.74, 6) is -2.65. The minimum atomic E-state index is -0.977. The zero-order valence-corrected chi connectivity index (χ0v) is 13.3. The summed E-state index contributed by atoms with van der Waals surface area (Å²) in [4.78, 5) is 35.2. The Labute approximate surface area is 134 Å². The highest BCUT2D eigenvalue weighted by Crippen LogP contribution is 2.10. The molecule has 0 saturated carbocycles. The third kappa shape index (κ3) is 6.06. The first-order chi connectivity index (χ1) is 10.9. The third-order valence-corrected chi connectivity index (χ3v) is 3.27. The number of methoxy groups -OCH3 is 2. The Morgan fingerprint density at radius 2 is 1.83 bits per heavy atom. The Balaban J connectivity index is 2.71. The molecule has 1 rings (SSSR count). The van der Waals surface area contributed by atoms with Gasteiger partial charge < -0.3 is 14.8 Å². The van der Waals surface area contributed by atoms with Crippen molar-refractivity contribution in [1.82, 2.24) is 5.32 Å². The van der Waals surface area contributed by atoms with Gasteiger partial charge in [0.2, 0.25) is 5.91 Å². The van der Waals surface area contributed by atoms with Crippen LogP contribution in [0.25, 0.3) is 0 Å². The number of ether oxygens (including phenoxy) is 2. The number of amides is 1. The summed E-state index contributed by atoms with van der Waals surface area (Å²) in [6.45, 7) is 1.58. The Bertz CT molecular complexity index is 575. The second-order valence-electron chi connectivity index (χ2n) is 5.11. The summed E-state index contributed by atoms with van der Waals surface area (Å²) in [6.07, 6.45) is -0.0356. The van der Waals surface area contributed by atoms with Gasteiger partial charge in [-0.15, -0.1) is 0 Å². The van der Waals surface area contributed by atoms with Crippen molar-refractivity contribution in [2.75, 3.05) is 14.2 Å². The molecule has 23 heavy (non-hydrogen) atoms. The van der Waals surface area contributed by atoms with E-state index in [1.54, 1.807) is 13.0 Å². The van der Waals surface area contributed by atoms with Gasteiger partial charge in [0.25, 0.3) is 0 Å². The standard InChI is InChI=1S/C16H20FNO5/c1-10(15(20)22-2)7-13(16(21)23-3)18-14(19)9-11-5-4-6-12(17)8-11/h4-6,8,10,13H,7,9H2,1-3H3,(H,18,19)/t10-,13-/m0/s1. The lowest BCUT2D eigenvalue weighted by molar-refractivity contribution is -0.148. The average molecular weight is 325 g/mol. The third-order valence-electron chi connectivity index (χ3n) is 3.27. The predicted octanol–water partition coefficient (Wildman–Crippen LogP) is 1.23. The lowest BCUT2D eigenvalue weighted by atomic mass is 10.0. The lowest BCUT2D eigenvalue weighted by Gasteiger charge is -2.19. The number of rotatable bonds is 7. The van der Waals surface area contributed by atoms with E-state index in [1.807, 2.05) is 0 Å². The van der Waals surface area contributed by atoms with Crippen LogP contribution in [0, 0.1) is 11.7 Å². The van der Waals surface area contributed by atoms with E-state index in [2.05, 4.69) is 14.8 Å². The van der Waals surface area contributed by atoms with Crippen LogP contribution in [-0.4, -0.2) is 38.1 Å². The summed E-state index contributed by atoms with van der Waals surface area (Å²) >= 11 is 0. The minimum absolute atomic E-state index is 0.0498. The number of hydrogen-bond donors (Lipinski definition) is 1. The molecule has 0 heterocycles. The van der Waals surface area contributed by atoms with Crippen molar-refractivity contribution < 1.29 is 28.2 Å². The molecule has 0 bridgehead atoms. The Kier molecular flexibility index (Phi) is 7.18. The SMILES string of the molecule is COC(=O)[C@H](C[C@H](C)C(=O)OC)NC(=O)Cc1cccc(F)c1. The predicted molar refractivity (Wildman–Crippen MR) is 79.8 cm³/mol. The fourth-order valence-corrected chi connectivity index (χ4v) is 2.08. The molecule has 0 aliphatic heterocycles.